The van der Waals surface area contributed by atoms with Gasteiger partial charge in [0.1, 0.15) is 11.4 Å². The van der Waals surface area contributed by atoms with E-state index in [2.05, 4.69) is 0 Å². The average Bonchev–Trinajstić information content (AvgIpc) is 2.93. The Hall–Kier alpha value is -2.59. The van der Waals surface area contributed by atoms with Crippen LogP contribution in [0.5, 0.6) is 0 Å². The number of aromatic nitrogens is 2. The van der Waals surface area contributed by atoms with Crippen molar-refractivity contribution in [3.63, 3.8) is 0 Å². The molecule has 1 fully saturated rings. The van der Waals surface area contributed by atoms with Crippen LogP contribution in [0.1, 0.15) is 51.5 Å². The number of rotatable bonds is 4. The van der Waals surface area contributed by atoms with E-state index >= 15 is 0 Å². The highest BCUT2D eigenvalue weighted by molar-refractivity contribution is 6.07. The number of hydrogen-bond donors (Lipinski definition) is 3. The average molecular weight is 416 g/mol. The predicted octanol–water partition coefficient (Wildman–Crippen LogP) is 1.60. The van der Waals surface area contributed by atoms with Gasteiger partial charge < -0.3 is 10.6 Å². The number of carbonyl (C=O) groups excluding carboxylic acids is 2. The molecule has 0 saturated heterocycles. The fourth-order valence-corrected chi connectivity index (χ4v) is 4.02. The third-order valence-corrected chi connectivity index (χ3v) is 5.41. The normalized spacial score (nSPS) is 22.5. The molecule has 1 atom stereocenters. The van der Waals surface area contributed by atoms with Gasteiger partial charge in [-0.1, -0.05) is 33.1 Å². The molecule has 1 aromatic heterocycles. The Morgan fingerprint density at radius 3 is 2.38 bits per heavy atom. The van der Waals surface area contributed by atoms with E-state index in [4.69, 9.17) is 0 Å². The van der Waals surface area contributed by atoms with E-state index in [0.29, 0.717) is 25.7 Å². The van der Waals surface area contributed by atoms with Crippen molar-refractivity contribution >= 4 is 17.6 Å². The maximum absolute atomic E-state index is 14.2. The molecule has 3 rings (SSSR count). The quantitative estimate of drug-likeness (QED) is 0.692. The van der Waals surface area contributed by atoms with Crippen LogP contribution in [-0.4, -0.2) is 27.5 Å². The molecular weight excluding hydrogens is 393 g/mol. The summed E-state index contributed by atoms with van der Waals surface area (Å²) in [6.45, 7) is 3.42. The fraction of sp³-hybridized carbons (Fsp3) is 0.667. The molecule has 2 aliphatic rings. The minimum absolute atomic E-state index is 0.0251. The maximum Gasteiger partial charge on any atom is 0.425 e. The van der Waals surface area contributed by atoms with Gasteiger partial charge in [-0.25, -0.2) is 4.79 Å². The van der Waals surface area contributed by atoms with Crippen molar-refractivity contribution in [1.82, 2.24) is 14.9 Å². The molecule has 8 nitrogen and oxygen atoms in total. The number of aromatic amines is 1. The van der Waals surface area contributed by atoms with Crippen LogP contribution in [0.3, 0.4) is 0 Å². The Kier molecular flexibility index (Phi) is 5.35. The van der Waals surface area contributed by atoms with Crippen molar-refractivity contribution in [2.45, 2.75) is 64.2 Å². The topological polar surface area (TPSA) is 113 Å². The van der Waals surface area contributed by atoms with Gasteiger partial charge in [0.15, 0.2) is 0 Å². The highest BCUT2D eigenvalue weighted by Crippen LogP contribution is 2.45. The lowest BCUT2D eigenvalue weighted by molar-refractivity contribution is -0.201. The second-order valence-electron chi connectivity index (χ2n) is 8.01. The molecule has 2 amide bonds. The third-order valence-electron chi connectivity index (χ3n) is 5.41. The first-order valence-electron chi connectivity index (χ1n) is 9.57. The molecule has 0 radical (unpaired) electrons. The van der Waals surface area contributed by atoms with Crippen molar-refractivity contribution in [2.24, 2.45) is 11.8 Å². The van der Waals surface area contributed by atoms with Crippen LogP contribution in [0.25, 0.3) is 0 Å². The highest BCUT2D eigenvalue weighted by Gasteiger charge is 2.68. The van der Waals surface area contributed by atoms with Crippen LogP contribution >= 0.6 is 0 Å². The molecule has 1 aromatic rings. The fourth-order valence-electron chi connectivity index (χ4n) is 4.02. The van der Waals surface area contributed by atoms with Crippen LogP contribution in [0.4, 0.5) is 19.0 Å². The van der Waals surface area contributed by atoms with Crippen LogP contribution in [0.15, 0.2) is 9.59 Å². The minimum atomic E-state index is -5.29. The number of alkyl halides is 3. The number of anilines is 1. The summed E-state index contributed by atoms with van der Waals surface area (Å²) in [6, 6.07) is 0. The smallest absolute Gasteiger partial charge is 0.330 e. The zero-order chi connectivity index (χ0) is 21.6. The highest BCUT2D eigenvalue weighted by atomic mass is 19.4. The number of H-pyrrole nitrogens is 1. The van der Waals surface area contributed by atoms with Crippen molar-refractivity contribution < 1.29 is 22.8 Å². The number of fused-ring (bicyclic) bond motifs is 1. The summed E-state index contributed by atoms with van der Waals surface area (Å²) >= 11 is 0. The van der Waals surface area contributed by atoms with Crippen LogP contribution in [-0.2, 0) is 21.7 Å². The van der Waals surface area contributed by atoms with Crippen LogP contribution in [0.2, 0.25) is 0 Å². The monoisotopic (exact) mass is 416 g/mol. The number of nitrogens with zero attached hydrogens (tertiary/aromatic N) is 1. The van der Waals surface area contributed by atoms with Gasteiger partial charge in [0.25, 0.3) is 11.5 Å². The lowest BCUT2D eigenvalue weighted by atomic mass is 9.86. The van der Waals surface area contributed by atoms with E-state index in [1.54, 1.807) is 13.8 Å². The maximum atomic E-state index is 14.2. The Morgan fingerprint density at radius 2 is 1.83 bits per heavy atom. The summed E-state index contributed by atoms with van der Waals surface area (Å²) in [7, 11) is 0. The summed E-state index contributed by atoms with van der Waals surface area (Å²) in [5.41, 5.74) is -6.83. The van der Waals surface area contributed by atoms with Gasteiger partial charge in [-0.3, -0.25) is 23.9 Å². The van der Waals surface area contributed by atoms with E-state index in [1.807, 2.05) is 15.6 Å². The van der Waals surface area contributed by atoms with E-state index < -0.39 is 52.1 Å². The third kappa shape index (κ3) is 3.46. The largest absolute Gasteiger partial charge is 0.425 e. The van der Waals surface area contributed by atoms with E-state index in [0.717, 1.165) is 11.0 Å². The summed E-state index contributed by atoms with van der Waals surface area (Å²) in [5.74, 6) is -3.87. The number of hydrogen-bond acceptors (Lipinski definition) is 4. The van der Waals surface area contributed by atoms with E-state index in [1.165, 1.54) is 0 Å². The predicted molar refractivity (Wildman–Crippen MR) is 97.2 cm³/mol. The van der Waals surface area contributed by atoms with Crippen molar-refractivity contribution in [3.05, 3.63) is 26.4 Å². The second kappa shape index (κ2) is 7.34. The number of halogens is 3. The van der Waals surface area contributed by atoms with E-state index in [-0.39, 0.29) is 12.5 Å². The summed E-state index contributed by atoms with van der Waals surface area (Å²) in [5, 5.41) is 3.87. The molecule has 3 N–H and O–H groups in total. The standard InChI is InChI=1S/C18H23F3N4O4/c1-9(2)8-25-12-11(14(27)23-16(25)29)17(15(28)22-12,18(19,20)21)24-13(26)10-6-4-3-5-7-10/h9-10H,3-8H2,1-2H3,(H,22,28)(H,24,26)(H,23,27,29)/t17-/m1/s1. The molecule has 1 saturated carbocycles. The molecule has 11 heteroatoms. The molecule has 0 unspecified atom stereocenters. The molecular formula is C18H23F3N4O4. The molecule has 0 spiro atoms. The lowest BCUT2D eigenvalue weighted by Crippen LogP contribution is -2.63. The number of amides is 2. The first-order chi connectivity index (χ1) is 13.5. The SMILES string of the molecule is CC(C)Cn1c2c(c(=O)[nH]c1=O)[C@](NC(=O)C1CCCCC1)(C(F)(F)F)C(=O)N2. The lowest BCUT2D eigenvalue weighted by Gasteiger charge is -2.32. The Balaban J connectivity index is 2.17. The van der Waals surface area contributed by atoms with Gasteiger partial charge in [-0.2, -0.15) is 13.2 Å². The summed E-state index contributed by atoms with van der Waals surface area (Å²) in [4.78, 5) is 51.7. The molecule has 0 bridgehead atoms. The summed E-state index contributed by atoms with van der Waals surface area (Å²) < 4.78 is 43.6. The van der Waals surface area contributed by atoms with Crippen molar-refractivity contribution in [2.75, 3.05) is 5.32 Å². The Labute approximate surface area is 163 Å². The molecule has 0 aromatic carbocycles. The minimum Gasteiger partial charge on any atom is -0.330 e. The van der Waals surface area contributed by atoms with Crippen molar-refractivity contribution in [1.29, 1.82) is 0 Å². The van der Waals surface area contributed by atoms with E-state index in [9.17, 15) is 32.3 Å². The molecule has 29 heavy (non-hydrogen) atoms. The molecule has 2 heterocycles. The van der Waals surface area contributed by atoms with Gasteiger partial charge >= 0.3 is 11.9 Å². The number of nitrogens with one attached hydrogen (secondary N) is 3. The Morgan fingerprint density at radius 1 is 1.21 bits per heavy atom. The van der Waals surface area contributed by atoms with Gasteiger partial charge in [-0.15, -0.1) is 0 Å². The number of carbonyl (C=O) groups is 2. The van der Waals surface area contributed by atoms with Crippen molar-refractivity contribution in [3.8, 4) is 0 Å². The molecule has 160 valence electrons. The first kappa shape index (κ1) is 21.1. The summed E-state index contributed by atoms with van der Waals surface area (Å²) in [6.07, 6.45) is -2.17. The van der Waals surface area contributed by atoms with Gasteiger partial charge in [-0.05, 0) is 18.8 Å². The molecule has 1 aliphatic heterocycles. The first-order valence-corrected chi connectivity index (χ1v) is 9.57. The zero-order valence-corrected chi connectivity index (χ0v) is 16.1. The second-order valence-corrected chi connectivity index (χ2v) is 8.01. The van der Waals surface area contributed by atoms with Crippen LogP contribution < -0.4 is 21.9 Å². The van der Waals surface area contributed by atoms with Crippen LogP contribution in [0, 0.1) is 11.8 Å². The Bertz CT molecular complexity index is 944. The van der Waals surface area contributed by atoms with Gasteiger partial charge in [0, 0.05) is 12.5 Å². The molecule has 1 aliphatic carbocycles. The zero-order valence-electron chi connectivity index (χ0n) is 16.1. The van der Waals surface area contributed by atoms with Gasteiger partial charge in [0.05, 0.1) is 0 Å². The van der Waals surface area contributed by atoms with Gasteiger partial charge in [0.2, 0.25) is 11.4 Å².